The molecule has 0 bridgehead atoms. The van der Waals surface area contributed by atoms with Crippen LogP contribution >= 0.6 is 0 Å². The summed E-state index contributed by atoms with van der Waals surface area (Å²) in [4.78, 5) is 4.15. The van der Waals surface area contributed by atoms with E-state index in [1.165, 1.54) is 12.8 Å². The minimum absolute atomic E-state index is 0.779. The molecule has 0 aliphatic heterocycles. The van der Waals surface area contributed by atoms with E-state index in [4.69, 9.17) is 4.42 Å². The van der Waals surface area contributed by atoms with E-state index >= 15 is 0 Å². The van der Waals surface area contributed by atoms with Crippen molar-refractivity contribution in [2.45, 2.75) is 40.0 Å². The predicted molar refractivity (Wildman–Crippen MR) is 49.0 cm³/mol. The molecule has 0 unspecified atom stereocenters. The lowest BCUT2D eigenvalue weighted by atomic mass is 10.1. The van der Waals surface area contributed by atoms with E-state index in [9.17, 15) is 0 Å². The van der Waals surface area contributed by atoms with E-state index in [1.54, 1.807) is 6.20 Å². The highest BCUT2D eigenvalue weighted by Gasteiger charge is 2.00. The van der Waals surface area contributed by atoms with Crippen molar-refractivity contribution in [3.63, 3.8) is 0 Å². The maximum absolute atomic E-state index is 5.35. The molecular weight excluding hydrogens is 150 g/mol. The zero-order valence-electron chi connectivity index (χ0n) is 8.13. The van der Waals surface area contributed by atoms with Gasteiger partial charge >= 0.3 is 0 Å². The second kappa shape index (κ2) is 4.29. The van der Waals surface area contributed by atoms with Gasteiger partial charge in [0.15, 0.2) is 5.89 Å². The minimum Gasteiger partial charge on any atom is -0.446 e. The van der Waals surface area contributed by atoms with Gasteiger partial charge in [0.05, 0.1) is 6.20 Å². The van der Waals surface area contributed by atoms with E-state index in [0.29, 0.717) is 0 Å². The van der Waals surface area contributed by atoms with Gasteiger partial charge in [-0.2, -0.15) is 0 Å². The van der Waals surface area contributed by atoms with Gasteiger partial charge in [-0.25, -0.2) is 4.98 Å². The quantitative estimate of drug-likeness (QED) is 0.689. The third-order valence-electron chi connectivity index (χ3n) is 1.84. The molecule has 0 atom stereocenters. The first-order valence-electron chi connectivity index (χ1n) is 4.60. The molecule has 0 N–H and O–H groups in total. The number of oxazole rings is 1. The van der Waals surface area contributed by atoms with Crippen LogP contribution in [0.2, 0.25) is 0 Å². The zero-order chi connectivity index (χ0) is 8.97. The average molecular weight is 167 g/mol. The van der Waals surface area contributed by atoms with Gasteiger partial charge in [-0.1, -0.05) is 20.3 Å². The Balaban J connectivity index is 2.24. The Hall–Kier alpha value is -0.790. The van der Waals surface area contributed by atoms with Crippen molar-refractivity contribution in [2.75, 3.05) is 0 Å². The highest BCUT2D eigenvalue weighted by atomic mass is 16.3. The number of aromatic nitrogens is 1. The lowest BCUT2D eigenvalue weighted by Crippen LogP contribution is -1.90. The predicted octanol–water partition coefficient (Wildman–Crippen LogP) is 2.96. The van der Waals surface area contributed by atoms with Gasteiger partial charge in [0.25, 0.3) is 0 Å². The number of hydrogen-bond donors (Lipinski definition) is 0. The average Bonchev–Trinajstić information content (AvgIpc) is 2.35. The Morgan fingerprint density at radius 3 is 2.75 bits per heavy atom. The monoisotopic (exact) mass is 167 g/mol. The molecule has 2 heteroatoms. The van der Waals surface area contributed by atoms with Crippen molar-refractivity contribution in [3.05, 3.63) is 17.8 Å². The van der Waals surface area contributed by atoms with Crippen LogP contribution in [0.15, 0.2) is 10.6 Å². The summed E-state index contributed by atoms with van der Waals surface area (Å²) < 4.78 is 5.35. The molecule has 0 spiro atoms. The normalized spacial score (nSPS) is 11.0. The Labute approximate surface area is 74.0 Å². The first-order chi connectivity index (χ1) is 5.68. The molecule has 68 valence electrons. The zero-order valence-corrected chi connectivity index (χ0v) is 8.13. The van der Waals surface area contributed by atoms with Crippen LogP contribution in [0, 0.1) is 12.8 Å². The van der Waals surface area contributed by atoms with Crippen molar-refractivity contribution in [2.24, 2.45) is 5.92 Å². The van der Waals surface area contributed by atoms with Crippen molar-refractivity contribution in [1.29, 1.82) is 0 Å². The first kappa shape index (κ1) is 9.30. The molecule has 1 aromatic rings. The van der Waals surface area contributed by atoms with Gasteiger partial charge in [-0.05, 0) is 19.3 Å². The summed E-state index contributed by atoms with van der Waals surface area (Å²) in [5, 5.41) is 0. The molecule has 0 aliphatic rings. The molecule has 0 fully saturated rings. The Bertz CT molecular complexity index is 227. The Morgan fingerprint density at radius 2 is 2.25 bits per heavy atom. The van der Waals surface area contributed by atoms with E-state index in [0.717, 1.165) is 24.0 Å². The van der Waals surface area contributed by atoms with Gasteiger partial charge in [0.2, 0.25) is 0 Å². The fraction of sp³-hybridized carbons (Fsp3) is 0.700. The van der Waals surface area contributed by atoms with Crippen LogP contribution in [0.25, 0.3) is 0 Å². The molecule has 12 heavy (non-hydrogen) atoms. The molecule has 1 heterocycles. The third kappa shape index (κ3) is 3.07. The van der Waals surface area contributed by atoms with Gasteiger partial charge < -0.3 is 4.42 Å². The Kier molecular flexibility index (Phi) is 3.32. The summed E-state index contributed by atoms with van der Waals surface area (Å²) in [5.74, 6) is 2.57. The highest BCUT2D eigenvalue weighted by Crippen LogP contribution is 2.09. The second-order valence-corrected chi connectivity index (χ2v) is 3.65. The molecule has 1 rings (SSSR count). The smallest absolute Gasteiger partial charge is 0.194 e. The summed E-state index contributed by atoms with van der Waals surface area (Å²) in [6.45, 7) is 6.40. The Morgan fingerprint density at radius 1 is 1.50 bits per heavy atom. The van der Waals surface area contributed by atoms with Crippen LogP contribution in [-0.2, 0) is 6.42 Å². The van der Waals surface area contributed by atoms with Crippen molar-refractivity contribution in [3.8, 4) is 0 Å². The summed E-state index contributed by atoms with van der Waals surface area (Å²) >= 11 is 0. The number of rotatable bonds is 4. The SMILES string of the molecule is Cc1cnc(CCCC(C)C)o1. The second-order valence-electron chi connectivity index (χ2n) is 3.65. The molecule has 0 saturated carbocycles. The van der Waals surface area contributed by atoms with Crippen molar-refractivity contribution < 1.29 is 4.42 Å². The molecule has 2 nitrogen and oxygen atoms in total. The van der Waals surface area contributed by atoms with Crippen LogP contribution in [0.5, 0.6) is 0 Å². The van der Waals surface area contributed by atoms with Gasteiger partial charge in [-0.3, -0.25) is 0 Å². The van der Waals surface area contributed by atoms with E-state index in [2.05, 4.69) is 18.8 Å². The lowest BCUT2D eigenvalue weighted by molar-refractivity contribution is 0.449. The van der Waals surface area contributed by atoms with Crippen LogP contribution in [0.1, 0.15) is 38.3 Å². The number of aryl methyl sites for hydroxylation is 2. The maximum atomic E-state index is 5.35. The molecule has 1 aromatic heterocycles. The van der Waals surface area contributed by atoms with Crippen LogP contribution < -0.4 is 0 Å². The third-order valence-corrected chi connectivity index (χ3v) is 1.84. The highest BCUT2D eigenvalue weighted by molar-refractivity contribution is 4.90. The molecular formula is C10H17NO. The first-order valence-corrected chi connectivity index (χ1v) is 4.60. The van der Waals surface area contributed by atoms with Crippen molar-refractivity contribution >= 4 is 0 Å². The number of nitrogens with zero attached hydrogens (tertiary/aromatic N) is 1. The van der Waals surface area contributed by atoms with Crippen LogP contribution in [-0.4, -0.2) is 4.98 Å². The fourth-order valence-electron chi connectivity index (χ4n) is 1.18. The molecule has 0 aliphatic carbocycles. The van der Waals surface area contributed by atoms with Gasteiger partial charge in [-0.15, -0.1) is 0 Å². The molecule has 0 saturated heterocycles. The van der Waals surface area contributed by atoms with E-state index < -0.39 is 0 Å². The summed E-state index contributed by atoms with van der Waals surface area (Å²) in [6, 6.07) is 0. The lowest BCUT2D eigenvalue weighted by Gasteiger charge is -2.00. The van der Waals surface area contributed by atoms with Gasteiger partial charge in [0, 0.05) is 6.42 Å². The van der Waals surface area contributed by atoms with E-state index in [-0.39, 0.29) is 0 Å². The summed E-state index contributed by atoms with van der Waals surface area (Å²) in [5.41, 5.74) is 0. The van der Waals surface area contributed by atoms with E-state index in [1.807, 2.05) is 6.92 Å². The minimum atomic E-state index is 0.779. The molecule has 0 radical (unpaired) electrons. The van der Waals surface area contributed by atoms with Gasteiger partial charge in [0.1, 0.15) is 5.76 Å². The molecule has 0 amide bonds. The number of hydrogen-bond acceptors (Lipinski definition) is 2. The fourth-order valence-corrected chi connectivity index (χ4v) is 1.18. The molecule has 0 aromatic carbocycles. The maximum Gasteiger partial charge on any atom is 0.194 e. The topological polar surface area (TPSA) is 26.0 Å². The van der Waals surface area contributed by atoms with Crippen LogP contribution in [0.3, 0.4) is 0 Å². The summed E-state index contributed by atoms with van der Waals surface area (Å²) in [7, 11) is 0. The van der Waals surface area contributed by atoms with Crippen LogP contribution in [0.4, 0.5) is 0 Å². The standard InChI is InChI=1S/C10H17NO/c1-8(2)5-4-6-10-11-7-9(3)12-10/h7-8H,4-6H2,1-3H3. The summed E-state index contributed by atoms with van der Waals surface area (Å²) in [6.07, 6.45) is 5.19. The van der Waals surface area contributed by atoms with Crippen molar-refractivity contribution in [1.82, 2.24) is 4.98 Å². The largest absolute Gasteiger partial charge is 0.446 e.